The minimum Gasteiger partial charge on any atom is -0.355 e. The van der Waals surface area contributed by atoms with E-state index in [0.717, 1.165) is 10.7 Å². The van der Waals surface area contributed by atoms with Crippen LogP contribution in [0.15, 0.2) is 65.7 Å². The van der Waals surface area contributed by atoms with Crippen molar-refractivity contribution < 1.29 is 35.7 Å². The van der Waals surface area contributed by atoms with Gasteiger partial charge in [-0.25, -0.2) is 0 Å². The molecule has 1 aromatic carbocycles. The Kier molecular flexibility index (Phi) is 6.09. The molecule has 3 aromatic heterocycles. The molecule has 0 aliphatic rings. The lowest BCUT2D eigenvalue weighted by molar-refractivity contribution is -0.143. The fraction of sp³-hybridized carbons (Fsp3) is 0.182. The standard InChI is InChI=1S/C22H15F6N5O2/c1-12(16-5-4-14(21(23,24)25)7-17(16)22(26,27)28)33-11-15(10-30-33)31-20(34)18-8-19(35-32-18)13-3-2-6-29-9-13/h2-12H,1H3,(H,31,34)/t12-/m1/s1. The van der Waals surface area contributed by atoms with E-state index < -0.39 is 41.0 Å². The molecule has 0 spiro atoms. The molecule has 7 nitrogen and oxygen atoms in total. The molecule has 0 aliphatic heterocycles. The van der Waals surface area contributed by atoms with Crippen molar-refractivity contribution in [3.63, 3.8) is 0 Å². The number of rotatable bonds is 5. The summed E-state index contributed by atoms with van der Waals surface area (Å²) in [6, 6.07) is 5.09. The van der Waals surface area contributed by atoms with Gasteiger partial charge in [0.1, 0.15) is 0 Å². The molecule has 0 unspecified atom stereocenters. The summed E-state index contributed by atoms with van der Waals surface area (Å²) in [5, 5.41) is 10.1. The zero-order valence-electron chi connectivity index (χ0n) is 17.7. The van der Waals surface area contributed by atoms with Gasteiger partial charge in [-0.05, 0) is 36.8 Å². The summed E-state index contributed by atoms with van der Waals surface area (Å²) >= 11 is 0. The van der Waals surface area contributed by atoms with Crippen LogP contribution in [0.1, 0.15) is 40.1 Å². The van der Waals surface area contributed by atoms with E-state index in [4.69, 9.17) is 4.52 Å². The van der Waals surface area contributed by atoms with Crippen LogP contribution >= 0.6 is 0 Å². The summed E-state index contributed by atoms with van der Waals surface area (Å²) in [4.78, 5) is 16.4. The Labute approximate surface area is 193 Å². The Morgan fingerprint density at radius 2 is 1.83 bits per heavy atom. The van der Waals surface area contributed by atoms with Crippen molar-refractivity contribution in [2.24, 2.45) is 0 Å². The van der Waals surface area contributed by atoms with Crippen LogP contribution in [-0.2, 0) is 12.4 Å². The summed E-state index contributed by atoms with van der Waals surface area (Å²) in [6.07, 6.45) is -4.42. The molecule has 1 atom stereocenters. The minimum atomic E-state index is -5.02. The van der Waals surface area contributed by atoms with Crippen molar-refractivity contribution in [2.45, 2.75) is 25.3 Å². The van der Waals surface area contributed by atoms with E-state index in [-0.39, 0.29) is 17.4 Å². The zero-order valence-corrected chi connectivity index (χ0v) is 17.7. The quantitative estimate of drug-likeness (QED) is 0.352. The lowest BCUT2D eigenvalue weighted by Crippen LogP contribution is -2.17. The molecular formula is C22H15F6N5O2. The number of nitrogens with zero attached hydrogens (tertiary/aromatic N) is 4. The molecule has 1 N–H and O–H groups in total. The van der Waals surface area contributed by atoms with Crippen LogP contribution in [0.4, 0.5) is 32.0 Å². The van der Waals surface area contributed by atoms with Crippen molar-refractivity contribution in [3.05, 3.63) is 83.6 Å². The normalized spacial score (nSPS) is 13.0. The van der Waals surface area contributed by atoms with Gasteiger partial charge in [-0.1, -0.05) is 11.2 Å². The van der Waals surface area contributed by atoms with Gasteiger partial charge in [0.2, 0.25) is 0 Å². The first-order valence-corrected chi connectivity index (χ1v) is 9.94. The average molecular weight is 495 g/mol. The molecule has 0 aliphatic carbocycles. The fourth-order valence-electron chi connectivity index (χ4n) is 3.32. The van der Waals surface area contributed by atoms with Crippen LogP contribution in [0.25, 0.3) is 11.3 Å². The fourth-order valence-corrected chi connectivity index (χ4v) is 3.32. The molecule has 1 amide bonds. The van der Waals surface area contributed by atoms with Crippen molar-refractivity contribution in [2.75, 3.05) is 5.32 Å². The molecule has 182 valence electrons. The predicted molar refractivity (Wildman–Crippen MR) is 110 cm³/mol. The molecule has 13 heteroatoms. The van der Waals surface area contributed by atoms with Crippen LogP contribution in [0.5, 0.6) is 0 Å². The molecule has 0 saturated heterocycles. The number of alkyl halides is 6. The van der Waals surface area contributed by atoms with Crippen molar-refractivity contribution in [1.29, 1.82) is 0 Å². The highest BCUT2D eigenvalue weighted by molar-refractivity contribution is 6.03. The molecule has 4 rings (SSSR count). The molecule has 0 saturated carbocycles. The minimum absolute atomic E-state index is 0.0632. The Bertz CT molecular complexity index is 1340. The highest BCUT2D eigenvalue weighted by atomic mass is 19.4. The first kappa shape index (κ1) is 24.0. The van der Waals surface area contributed by atoms with E-state index in [1.807, 2.05) is 0 Å². The monoisotopic (exact) mass is 495 g/mol. The maximum Gasteiger partial charge on any atom is 0.416 e. The number of halogens is 6. The summed E-state index contributed by atoms with van der Waals surface area (Å²) in [5.74, 6) is -0.365. The maximum atomic E-state index is 13.5. The highest BCUT2D eigenvalue weighted by Crippen LogP contribution is 2.39. The van der Waals surface area contributed by atoms with E-state index in [1.54, 1.807) is 18.3 Å². The predicted octanol–water partition coefficient (Wildman–Crippen LogP) is 5.83. The lowest BCUT2D eigenvalue weighted by Gasteiger charge is -2.20. The number of carbonyl (C=O) groups excluding carboxylic acids is 1. The lowest BCUT2D eigenvalue weighted by atomic mass is 9.98. The van der Waals surface area contributed by atoms with E-state index in [0.29, 0.717) is 17.4 Å². The zero-order chi connectivity index (χ0) is 25.4. The van der Waals surface area contributed by atoms with Crippen LogP contribution < -0.4 is 5.32 Å². The van der Waals surface area contributed by atoms with Crippen molar-refractivity contribution >= 4 is 11.6 Å². The number of aromatic nitrogens is 4. The Balaban J connectivity index is 1.54. The van der Waals surface area contributed by atoms with Crippen LogP contribution in [0, 0.1) is 0 Å². The summed E-state index contributed by atoms with van der Waals surface area (Å²) in [6.45, 7) is 1.34. The number of pyridine rings is 1. The molecule has 0 bridgehead atoms. The molecule has 0 radical (unpaired) electrons. The smallest absolute Gasteiger partial charge is 0.355 e. The first-order chi connectivity index (χ1) is 16.4. The second kappa shape index (κ2) is 8.89. The van der Waals surface area contributed by atoms with Gasteiger partial charge in [0.05, 0.1) is 29.1 Å². The Morgan fingerprint density at radius 3 is 2.49 bits per heavy atom. The number of amides is 1. The highest BCUT2D eigenvalue weighted by Gasteiger charge is 2.39. The number of hydrogen-bond acceptors (Lipinski definition) is 5. The third-order valence-electron chi connectivity index (χ3n) is 5.08. The Morgan fingerprint density at radius 1 is 1.06 bits per heavy atom. The summed E-state index contributed by atoms with van der Waals surface area (Å²) in [5.41, 5.74) is -2.58. The number of anilines is 1. The van der Waals surface area contributed by atoms with Crippen molar-refractivity contribution in [1.82, 2.24) is 19.9 Å². The number of hydrogen-bond donors (Lipinski definition) is 1. The molecule has 35 heavy (non-hydrogen) atoms. The van der Waals surface area contributed by atoms with E-state index in [9.17, 15) is 31.1 Å². The van der Waals surface area contributed by atoms with E-state index in [2.05, 4.69) is 20.6 Å². The molecule has 0 fully saturated rings. The first-order valence-electron chi connectivity index (χ1n) is 9.94. The second-order valence-electron chi connectivity index (χ2n) is 7.45. The number of carbonyl (C=O) groups is 1. The molecular weight excluding hydrogens is 480 g/mol. The maximum absolute atomic E-state index is 13.5. The van der Waals surface area contributed by atoms with Gasteiger partial charge in [-0.3, -0.25) is 14.5 Å². The SMILES string of the molecule is C[C@H](c1ccc(C(F)(F)F)cc1C(F)(F)F)n1cc(NC(=O)c2cc(-c3cccnc3)on2)cn1. The van der Waals surface area contributed by atoms with Crippen LogP contribution in [-0.4, -0.2) is 25.8 Å². The van der Waals surface area contributed by atoms with Gasteiger partial charge >= 0.3 is 12.4 Å². The second-order valence-corrected chi connectivity index (χ2v) is 7.45. The van der Waals surface area contributed by atoms with Crippen molar-refractivity contribution in [3.8, 4) is 11.3 Å². The van der Waals surface area contributed by atoms with E-state index >= 15 is 0 Å². The largest absolute Gasteiger partial charge is 0.416 e. The molecule has 3 heterocycles. The molecule has 4 aromatic rings. The van der Waals surface area contributed by atoms with Gasteiger partial charge in [-0.15, -0.1) is 0 Å². The Hall–Kier alpha value is -4.16. The van der Waals surface area contributed by atoms with Gasteiger partial charge in [0.25, 0.3) is 5.91 Å². The topological polar surface area (TPSA) is 85.8 Å². The number of benzene rings is 1. The van der Waals surface area contributed by atoms with E-state index in [1.165, 1.54) is 31.6 Å². The average Bonchev–Trinajstić information content (AvgIpc) is 3.48. The third-order valence-corrected chi connectivity index (χ3v) is 5.08. The summed E-state index contributed by atoms with van der Waals surface area (Å²) in [7, 11) is 0. The van der Waals surface area contributed by atoms with Gasteiger partial charge in [0.15, 0.2) is 11.5 Å². The van der Waals surface area contributed by atoms with Gasteiger partial charge in [0, 0.05) is 30.2 Å². The van der Waals surface area contributed by atoms with Crippen LogP contribution in [0.3, 0.4) is 0 Å². The number of nitrogens with one attached hydrogen (secondary N) is 1. The summed E-state index contributed by atoms with van der Waals surface area (Å²) < 4.78 is 85.6. The van der Waals surface area contributed by atoms with Crippen LogP contribution in [0.2, 0.25) is 0 Å². The van der Waals surface area contributed by atoms with Gasteiger partial charge < -0.3 is 9.84 Å². The third kappa shape index (κ3) is 5.18. The van der Waals surface area contributed by atoms with Gasteiger partial charge in [-0.2, -0.15) is 31.4 Å².